The van der Waals surface area contributed by atoms with Gasteiger partial charge in [-0.05, 0) is 38.0 Å². The zero-order chi connectivity index (χ0) is 20.2. The van der Waals surface area contributed by atoms with Crippen LogP contribution in [-0.2, 0) is 0 Å². The summed E-state index contributed by atoms with van der Waals surface area (Å²) >= 11 is 0. The van der Waals surface area contributed by atoms with E-state index in [1.54, 1.807) is 7.11 Å². The van der Waals surface area contributed by atoms with Crippen LogP contribution < -0.4 is 4.74 Å². The molecule has 1 atom stereocenters. The SMILES string of the molecule is COc1ccccc1C(=O)N1CCC[C@H](c2ccnc(-c3ccc(C)cc3)n2)C1. The highest BCUT2D eigenvalue weighted by Crippen LogP contribution is 2.29. The van der Waals surface area contributed by atoms with Gasteiger partial charge in [-0.25, -0.2) is 9.97 Å². The Hall–Kier alpha value is -3.21. The second-order valence-electron chi connectivity index (χ2n) is 7.46. The van der Waals surface area contributed by atoms with Gasteiger partial charge in [0.05, 0.1) is 12.7 Å². The summed E-state index contributed by atoms with van der Waals surface area (Å²) in [5, 5.41) is 0. The molecular weight excluding hydrogens is 362 g/mol. The molecule has 0 bridgehead atoms. The minimum atomic E-state index is 0.0139. The summed E-state index contributed by atoms with van der Waals surface area (Å²) in [6.45, 7) is 3.47. The molecule has 0 aliphatic carbocycles. The summed E-state index contributed by atoms with van der Waals surface area (Å²) in [5.74, 6) is 1.56. The summed E-state index contributed by atoms with van der Waals surface area (Å²) in [6, 6.07) is 17.6. The van der Waals surface area contributed by atoms with Crippen LogP contribution in [0, 0.1) is 6.92 Å². The van der Waals surface area contributed by atoms with Crippen molar-refractivity contribution in [2.24, 2.45) is 0 Å². The quantitative estimate of drug-likeness (QED) is 0.662. The molecule has 0 unspecified atom stereocenters. The summed E-state index contributed by atoms with van der Waals surface area (Å²) in [4.78, 5) is 24.3. The third-order valence-electron chi connectivity index (χ3n) is 5.45. The molecule has 1 amide bonds. The zero-order valence-electron chi connectivity index (χ0n) is 16.8. The van der Waals surface area contributed by atoms with E-state index in [1.807, 2.05) is 53.6 Å². The van der Waals surface area contributed by atoms with Crippen LogP contribution in [0.2, 0.25) is 0 Å². The predicted octanol–water partition coefficient (Wildman–Crippen LogP) is 4.48. The number of aromatic nitrogens is 2. The van der Waals surface area contributed by atoms with E-state index in [2.05, 4.69) is 24.0 Å². The molecule has 2 heterocycles. The van der Waals surface area contributed by atoms with Crippen molar-refractivity contribution in [1.82, 2.24) is 14.9 Å². The number of hydrogen-bond donors (Lipinski definition) is 0. The minimum Gasteiger partial charge on any atom is -0.496 e. The van der Waals surface area contributed by atoms with Crippen molar-refractivity contribution in [3.8, 4) is 17.1 Å². The van der Waals surface area contributed by atoms with Gasteiger partial charge in [-0.3, -0.25) is 4.79 Å². The molecule has 0 radical (unpaired) electrons. The van der Waals surface area contributed by atoms with Crippen LogP contribution in [0.5, 0.6) is 5.75 Å². The molecule has 5 heteroatoms. The highest BCUT2D eigenvalue weighted by atomic mass is 16.5. The smallest absolute Gasteiger partial charge is 0.257 e. The number of aryl methyl sites for hydroxylation is 1. The lowest BCUT2D eigenvalue weighted by atomic mass is 9.94. The van der Waals surface area contributed by atoms with Crippen molar-refractivity contribution in [2.75, 3.05) is 20.2 Å². The lowest BCUT2D eigenvalue weighted by Gasteiger charge is -2.33. The van der Waals surface area contributed by atoms with E-state index in [-0.39, 0.29) is 11.8 Å². The van der Waals surface area contributed by atoms with Crippen LogP contribution in [0.3, 0.4) is 0 Å². The summed E-state index contributed by atoms with van der Waals surface area (Å²) in [6.07, 6.45) is 3.79. The molecule has 1 aliphatic rings. The van der Waals surface area contributed by atoms with Gasteiger partial charge in [0.25, 0.3) is 5.91 Å². The van der Waals surface area contributed by atoms with E-state index < -0.39 is 0 Å². The fourth-order valence-corrected chi connectivity index (χ4v) is 3.84. The van der Waals surface area contributed by atoms with Gasteiger partial charge in [0.2, 0.25) is 0 Å². The fourth-order valence-electron chi connectivity index (χ4n) is 3.84. The van der Waals surface area contributed by atoms with Crippen LogP contribution in [0.4, 0.5) is 0 Å². The van der Waals surface area contributed by atoms with Gasteiger partial charge in [-0.1, -0.05) is 42.0 Å². The van der Waals surface area contributed by atoms with Crippen molar-refractivity contribution < 1.29 is 9.53 Å². The Balaban J connectivity index is 1.55. The molecule has 1 fully saturated rings. The molecule has 1 saturated heterocycles. The monoisotopic (exact) mass is 387 g/mol. The van der Waals surface area contributed by atoms with Gasteiger partial charge in [-0.15, -0.1) is 0 Å². The Bertz CT molecular complexity index is 1000. The minimum absolute atomic E-state index is 0.0139. The number of hydrogen-bond acceptors (Lipinski definition) is 4. The van der Waals surface area contributed by atoms with Crippen molar-refractivity contribution in [2.45, 2.75) is 25.7 Å². The van der Waals surface area contributed by atoms with Gasteiger partial charge in [-0.2, -0.15) is 0 Å². The number of methoxy groups -OCH3 is 1. The number of benzene rings is 2. The van der Waals surface area contributed by atoms with Crippen LogP contribution in [-0.4, -0.2) is 41.0 Å². The highest BCUT2D eigenvalue weighted by Gasteiger charge is 2.28. The van der Waals surface area contributed by atoms with Crippen LogP contribution in [0.25, 0.3) is 11.4 Å². The van der Waals surface area contributed by atoms with Gasteiger partial charge in [0.1, 0.15) is 5.75 Å². The molecule has 0 saturated carbocycles. The zero-order valence-corrected chi connectivity index (χ0v) is 16.8. The van der Waals surface area contributed by atoms with Crippen LogP contribution in [0.1, 0.15) is 40.4 Å². The standard InChI is InChI=1S/C24H25N3O2/c1-17-9-11-18(12-10-17)23-25-14-13-21(26-23)19-6-5-15-27(16-19)24(28)20-7-3-4-8-22(20)29-2/h3-4,7-14,19H,5-6,15-16H2,1-2H3/t19-/m0/s1. The average Bonchev–Trinajstić information content (AvgIpc) is 2.79. The molecule has 1 aromatic heterocycles. The average molecular weight is 387 g/mol. The number of carbonyl (C=O) groups excluding carboxylic acids is 1. The first-order valence-electron chi connectivity index (χ1n) is 9.98. The number of rotatable bonds is 4. The number of piperidine rings is 1. The number of para-hydroxylation sites is 1. The van der Waals surface area contributed by atoms with Crippen LogP contribution in [0.15, 0.2) is 60.8 Å². The molecule has 4 rings (SSSR count). The third-order valence-corrected chi connectivity index (χ3v) is 5.45. The van der Waals surface area contributed by atoms with E-state index in [9.17, 15) is 4.79 Å². The van der Waals surface area contributed by atoms with E-state index >= 15 is 0 Å². The predicted molar refractivity (Wildman–Crippen MR) is 113 cm³/mol. The first-order valence-corrected chi connectivity index (χ1v) is 9.98. The molecule has 5 nitrogen and oxygen atoms in total. The maximum absolute atomic E-state index is 13.1. The van der Waals surface area contributed by atoms with Crippen molar-refractivity contribution in [1.29, 1.82) is 0 Å². The molecule has 3 aromatic rings. The first kappa shape index (κ1) is 19.1. The Morgan fingerprint density at radius 2 is 1.90 bits per heavy atom. The summed E-state index contributed by atoms with van der Waals surface area (Å²) < 4.78 is 5.37. The molecule has 0 spiro atoms. The van der Waals surface area contributed by atoms with Crippen molar-refractivity contribution in [3.05, 3.63) is 77.6 Å². The maximum Gasteiger partial charge on any atom is 0.257 e. The van der Waals surface area contributed by atoms with Gasteiger partial charge in [0.15, 0.2) is 5.82 Å². The molecular formula is C24H25N3O2. The van der Waals surface area contributed by atoms with Gasteiger partial charge < -0.3 is 9.64 Å². The van der Waals surface area contributed by atoms with Gasteiger partial charge >= 0.3 is 0 Å². The van der Waals surface area contributed by atoms with E-state index in [1.165, 1.54) is 5.56 Å². The van der Waals surface area contributed by atoms with Crippen molar-refractivity contribution in [3.63, 3.8) is 0 Å². The molecule has 148 valence electrons. The topological polar surface area (TPSA) is 55.3 Å². The lowest BCUT2D eigenvalue weighted by Crippen LogP contribution is -2.39. The first-order chi connectivity index (χ1) is 14.2. The van der Waals surface area contributed by atoms with Gasteiger partial charge in [0, 0.05) is 36.5 Å². The Kier molecular flexibility index (Phi) is 5.56. The normalized spacial score (nSPS) is 16.5. The number of nitrogens with zero attached hydrogens (tertiary/aromatic N) is 3. The van der Waals surface area contributed by atoms with E-state index in [0.29, 0.717) is 17.9 Å². The Morgan fingerprint density at radius 3 is 2.69 bits per heavy atom. The molecule has 1 aliphatic heterocycles. The second kappa shape index (κ2) is 8.43. The number of ether oxygens (including phenoxy) is 1. The third kappa shape index (κ3) is 4.14. The maximum atomic E-state index is 13.1. The van der Waals surface area contributed by atoms with Crippen molar-refractivity contribution >= 4 is 5.91 Å². The Morgan fingerprint density at radius 1 is 1.10 bits per heavy atom. The van der Waals surface area contributed by atoms with Crippen LogP contribution >= 0.6 is 0 Å². The molecule has 29 heavy (non-hydrogen) atoms. The fraction of sp³-hybridized carbons (Fsp3) is 0.292. The lowest BCUT2D eigenvalue weighted by molar-refractivity contribution is 0.0702. The molecule has 2 aromatic carbocycles. The summed E-state index contributed by atoms with van der Waals surface area (Å²) in [5.41, 5.74) is 3.82. The second-order valence-corrected chi connectivity index (χ2v) is 7.46. The van der Waals surface area contributed by atoms with E-state index in [0.717, 1.165) is 36.5 Å². The highest BCUT2D eigenvalue weighted by molar-refractivity contribution is 5.97. The number of carbonyl (C=O) groups is 1. The summed E-state index contributed by atoms with van der Waals surface area (Å²) in [7, 11) is 1.60. The van der Waals surface area contributed by atoms with E-state index in [4.69, 9.17) is 9.72 Å². The largest absolute Gasteiger partial charge is 0.496 e. The number of likely N-dealkylation sites (tertiary alicyclic amines) is 1. The number of amides is 1. The Labute approximate surface area is 171 Å². The molecule has 0 N–H and O–H groups in total.